The maximum Gasteiger partial charge on any atom is 0.255 e. The number of amides is 1. The van der Waals surface area contributed by atoms with Gasteiger partial charge in [0.15, 0.2) is 0 Å². The van der Waals surface area contributed by atoms with Crippen LogP contribution in [0.1, 0.15) is 35.2 Å². The van der Waals surface area contributed by atoms with Crippen LogP contribution in [0.25, 0.3) is 0 Å². The highest BCUT2D eigenvalue weighted by Gasteiger charge is 2.11. The van der Waals surface area contributed by atoms with Gasteiger partial charge in [0.2, 0.25) is 0 Å². The molecule has 0 unspecified atom stereocenters. The van der Waals surface area contributed by atoms with Gasteiger partial charge in [-0.1, -0.05) is 17.7 Å². The Labute approximate surface area is 132 Å². The highest BCUT2D eigenvalue weighted by atomic mass is 16.1. The summed E-state index contributed by atoms with van der Waals surface area (Å²) in [5.41, 5.74) is 3.92. The molecule has 3 heteroatoms. The summed E-state index contributed by atoms with van der Waals surface area (Å²) in [6.07, 6.45) is 3.87. The second-order valence-corrected chi connectivity index (χ2v) is 5.91. The van der Waals surface area contributed by atoms with E-state index in [9.17, 15) is 4.79 Å². The molecule has 2 aromatic rings. The van der Waals surface area contributed by atoms with Crippen LogP contribution in [0.15, 0.2) is 48.5 Å². The summed E-state index contributed by atoms with van der Waals surface area (Å²) in [7, 11) is 0. The number of nitrogens with zero attached hydrogens (tertiary/aromatic N) is 1. The summed E-state index contributed by atoms with van der Waals surface area (Å²) in [4.78, 5) is 14.6. The molecule has 0 atom stereocenters. The first-order chi connectivity index (χ1) is 10.7. The Hall–Kier alpha value is -2.29. The van der Waals surface area contributed by atoms with E-state index in [0.29, 0.717) is 5.56 Å². The van der Waals surface area contributed by atoms with Crippen LogP contribution in [0, 0.1) is 6.92 Å². The number of hydrogen-bond acceptors (Lipinski definition) is 2. The van der Waals surface area contributed by atoms with Gasteiger partial charge in [-0.2, -0.15) is 0 Å². The molecule has 0 spiro atoms. The van der Waals surface area contributed by atoms with Gasteiger partial charge in [-0.05, 0) is 62.6 Å². The number of hydrogen-bond donors (Lipinski definition) is 1. The predicted octanol–water partition coefficient (Wildman–Crippen LogP) is 4.24. The van der Waals surface area contributed by atoms with Crippen LogP contribution in [-0.2, 0) is 0 Å². The minimum Gasteiger partial charge on any atom is -0.372 e. The van der Waals surface area contributed by atoms with Crippen LogP contribution in [0.4, 0.5) is 11.4 Å². The maximum atomic E-state index is 12.2. The number of carbonyl (C=O) groups excluding carboxylic acids is 1. The van der Waals surface area contributed by atoms with Gasteiger partial charge in [0.25, 0.3) is 5.91 Å². The zero-order chi connectivity index (χ0) is 15.4. The molecule has 1 fully saturated rings. The molecule has 0 bridgehead atoms. The van der Waals surface area contributed by atoms with Gasteiger partial charge >= 0.3 is 0 Å². The number of nitrogens with one attached hydrogen (secondary N) is 1. The first-order valence-corrected chi connectivity index (χ1v) is 7.95. The Balaban J connectivity index is 1.65. The first kappa shape index (κ1) is 14.6. The fourth-order valence-electron chi connectivity index (χ4n) is 2.82. The largest absolute Gasteiger partial charge is 0.372 e. The van der Waals surface area contributed by atoms with Gasteiger partial charge in [-0.15, -0.1) is 0 Å². The second-order valence-electron chi connectivity index (χ2n) is 5.91. The smallest absolute Gasteiger partial charge is 0.255 e. The number of anilines is 2. The number of carbonyl (C=O) groups is 1. The van der Waals surface area contributed by atoms with Crippen LogP contribution >= 0.6 is 0 Å². The van der Waals surface area contributed by atoms with Crippen molar-refractivity contribution in [1.82, 2.24) is 0 Å². The van der Waals surface area contributed by atoms with Gasteiger partial charge in [-0.25, -0.2) is 0 Å². The standard InChI is InChI=1S/C19H22N2O/c1-15-5-7-16(8-6-15)19(22)20-17-9-11-18(12-10-17)21-13-3-2-4-14-21/h5-12H,2-4,13-14H2,1H3,(H,20,22). The monoisotopic (exact) mass is 294 g/mol. The Bertz CT molecular complexity index is 625. The van der Waals surface area contributed by atoms with Crippen molar-refractivity contribution >= 4 is 17.3 Å². The van der Waals surface area contributed by atoms with Crippen LogP contribution in [0.2, 0.25) is 0 Å². The molecule has 0 aliphatic carbocycles. The Morgan fingerprint density at radius 3 is 2.18 bits per heavy atom. The van der Waals surface area contributed by atoms with Gasteiger partial charge < -0.3 is 10.2 Å². The van der Waals surface area contributed by atoms with Crippen LogP contribution in [0.3, 0.4) is 0 Å². The summed E-state index contributed by atoms with van der Waals surface area (Å²) >= 11 is 0. The molecule has 1 N–H and O–H groups in total. The van der Waals surface area contributed by atoms with Gasteiger partial charge in [-0.3, -0.25) is 4.79 Å². The van der Waals surface area contributed by atoms with Crippen molar-refractivity contribution in [3.8, 4) is 0 Å². The molecule has 3 nitrogen and oxygen atoms in total. The van der Waals surface area contributed by atoms with E-state index >= 15 is 0 Å². The van der Waals surface area contributed by atoms with Crippen molar-refractivity contribution in [3.05, 3.63) is 59.7 Å². The van der Waals surface area contributed by atoms with E-state index in [1.165, 1.54) is 24.9 Å². The lowest BCUT2D eigenvalue weighted by atomic mass is 10.1. The molecule has 1 saturated heterocycles. The fraction of sp³-hybridized carbons (Fsp3) is 0.316. The van der Waals surface area contributed by atoms with Crippen molar-refractivity contribution in [3.63, 3.8) is 0 Å². The predicted molar refractivity (Wildman–Crippen MR) is 91.6 cm³/mol. The van der Waals surface area contributed by atoms with E-state index < -0.39 is 0 Å². The first-order valence-electron chi connectivity index (χ1n) is 7.95. The topological polar surface area (TPSA) is 32.3 Å². The molecular weight excluding hydrogens is 272 g/mol. The van der Waals surface area contributed by atoms with Gasteiger partial charge in [0.05, 0.1) is 0 Å². The third-order valence-electron chi connectivity index (χ3n) is 4.16. The lowest BCUT2D eigenvalue weighted by Crippen LogP contribution is -2.29. The Morgan fingerprint density at radius 2 is 1.55 bits per heavy atom. The molecule has 114 valence electrons. The lowest BCUT2D eigenvalue weighted by molar-refractivity contribution is 0.102. The highest BCUT2D eigenvalue weighted by molar-refractivity contribution is 6.04. The minimum absolute atomic E-state index is 0.0641. The summed E-state index contributed by atoms with van der Waals surface area (Å²) in [6, 6.07) is 15.8. The molecule has 0 saturated carbocycles. The Morgan fingerprint density at radius 1 is 0.909 bits per heavy atom. The number of aryl methyl sites for hydroxylation is 1. The van der Waals surface area contributed by atoms with Crippen molar-refractivity contribution in [1.29, 1.82) is 0 Å². The average Bonchev–Trinajstić information content (AvgIpc) is 2.57. The molecule has 3 rings (SSSR count). The van der Waals surface area contributed by atoms with Crippen molar-refractivity contribution in [2.45, 2.75) is 26.2 Å². The maximum absolute atomic E-state index is 12.2. The van der Waals surface area contributed by atoms with E-state index in [4.69, 9.17) is 0 Å². The van der Waals surface area contributed by atoms with Crippen LogP contribution in [-0.4, -0.2) is 19.0 Å². The summed E-state index contributed by atoms with van der Waals surface area (Å²) < 4.78 is 0. The average molecular weight is 294 g/mol. The zero-order valence-electron chi connectivity index (χ0n) is 13.0. The number of rotatable bonds is 3. The van der Waals surface area contributed by atoms with Crippen molar-refractivity contribution in [2.75, 3.05) is 23.3 Å². The van der Waals surface area contributed by atoms with Gasteiger partial charge in [0, 0.05) is 30.0 Å². The molecule has 1 heterocycles. The van der Waals surface area contributed by atoms with E-state index in [-0.39, 0.29) is 5.91 Å². The molecule has 0 aromatic heterocycles. The van der Waals surface area contributed by atoms with E-state index in [0.717, 1.165) is 24.3 Å². The van der Waals surface area contributed by atoms with E-state index in [2.05, 4.69) is 22.3 Å². The number of benzene rings is 2. The highest BCUT2D eigenvalue weighted by Crippen LogP contribution is 2.22. The molecule has 1 amide bonds. The Kier molecular flexibility index (Phi) is 4.42. The van der Waals surface area contributed by atoms with E-state index in [1.807, 2.05) is 43.3 Å². The molecule has 2 aromatic carbocycles. The lowest BCUT2D eigenvalue weighted by Gasteiger charge is -2.28. The zero-order valence-corrected chi connectivity index (χ0v) is 13.0. The molecular formula is C19H22N2O. The third kappa shape index (κ3) is 3.48. The SMILES string of the molecule is Cc1ccc(C(=O)Nc2ccc(N3CCCCC3)cc2)cc1. The molecule has 1 aliphatic rings. The quantitative estimate of drug-likeness (QED) is 0.918. The normalized spacial score (nSPS) is 14.7. The van der Waals surface area contributed by atoms with Crippen molar-refractivity contribution < 1.29 is 4.79 Å². The molecule has 1 aliphatic heterocycles. The summed E-state index contributed by atoms with van der Waals surface area (Å²) in [5, 5.41) is 2.95. The van der Waals surface area contributed by atoms with Gasteiger partial charge in [0.1, 0.15) is 0 Å². The van der Waals surface area contributed by atoms with Crippen LogP contribution in [0.5, 0.6) is 0 Å². The summed E-state index contributed by atoms with van der Waals surface area (Å²) in [5.74, 6) is -0.0641. The molecule has 0 radical (unpaired) electrons. The molecule has 22 heavy (non-hydrogen) atoms. The van der Waals surface area contributed by atoms with Crippen LogP contribution < -0.4 is 10.2 Å². The van der Waals surface area contributed by atoms with Crippen molar-refractivity contribution in [2.24, 2.45) is 0 Å². The fourth-order valence-corrected chi connectivity index (χ4v) is 2.82. The number of piperidine rings is 1. The second kappa shape index (κ2) is 6.65. The van der Waals surface area contributed by atoms with E-state index in [1.54, 1.807) is 0 Å². The third-order valence-corrected chi connectivity index (χ3v) is 4.16. The minimum atomic E-state index is -0.0641. The summed E-state index contributed by atoms with van der Waals surface area (Å²) in [6.45, 7) is 4.28.